The maximum Gasteiger partial charge on any atom is 0.234 e. The van der Waals surface area contributed by atoms with Gasteiger partial charge in [-0.2, -0.15) is 0 Å². The average Bonchev–Trinajstić information content (AvgIpc) is 3.01. The standard InChI is InChI=1S/C19H20N4O2S/c1-13-5-4-6-16(11-13)23-14(2)21-22-19(23)26-12-18(24)20-15-7-9-17(25-3)10-8-15/h4-11H,12H2,1-3H3,(H,20,24). The van der Waals surface area contributed by atoms with Crippen LogP contribution in [0.25, 0.3) is 5.69 Å². The SMILES string of the molecule is COc1ccc(NC(=O)CSc2nnc(C)n2-c2cccc(C)c2)cc1. The van der Waals surface area contributed by atoms with Crippen LogP contribution in [-0.2, 0) is 4.79 Å². The monoisotopic (exact) mass is 368 g/mol. The van der Waals surface area contributed by atoms with E-state index in [4.69, 9.17) is 4.74 Å². The van der Waals surface area contributed by atoms with Gasteiger partial charge in [-0.25, -0.2) is 0 Å². The topological polar surface area (TPSA) is 69.0 Å². The number of amides is 1. The van der Waals surface area contributed by atoms with Crippen LogP contribution in [0.3, 0.4) is 0 Å². The Balaban J connectivity index is 1.67. The molecule has 1 aromatic heterocycles. The Morgan fingerprint density at radius 1 is 1.15 bits per heavy atom. The summed E-state index contributed by atoms with van der Waals surface area (Å²) in [6.07, 6.45) is 0. The van der Waals surface area contributed by atoms with Crippen molar-refractivity contribution in [3.8, 4) is 11.4 Å². The van der Waals surface area contributed by atoms with E-state index in [2.05, 4.69) is 21.6 Å². The summed E-state index contributed by atoms with van der Waals surface area (Å²) in [5, 5.41) is 11.9. The number of methoxy groups -OCH3 is 1. The number of aryl methyl sites for hydroxylation is 2. The molecule has 0 saturated heterocycles. The van der Waals surface area contributed by atoms with Gasteiger partial charge in [0.05, 0.1) is 12.9 Å². The number of nitrogens with zero attached hydrogens (tertiary/aromatic N) is 3. The number of rotatable bonds is 6. The Kier molecular flexibility index (Phi) is 5.58. The second-order valence-corrected chi connectivity index (χ2v) is 6.71. The summed E-state index contributed by atoms with van der Waals surface area (Å²) >= 11 is 1.36. The van der Waals surface area contributed by atoms with E-state index in [1.54, 1.807) is 31.4 Å². The smallest absolute Gasteiger partial charge is 0.234 e. The minimum atomic E-state index is -0.100. The summed E-state index contributed by atoms with van der Waals surface area (Å²) in [4.78, 5) is 12.2. The molecule has 0 fully saturated rings. The number of aromatic nitrogens is 3. The highest BCUT2D eigenvalue weighted by Gasteiger charge is 2.13. The van der Waals surface area contributed by atoms with Crippen molar-refractivity contribution >= 4 is 23.4 Å². The Labute approximate surface area is 156 Å². The molecule has 0 aliphatic rings. The maximum atomic E-state index is 12.2. The lowest BCUT2D eigenvalue weighted by Gasteiger charge is -2.09. The summed E-state index contributed by atoms with van der Waals surface area (Å²) in [6.45, 7) is 3.94. The second kappa shape index (κ2) is 8.05. The maximum absolute atomic E-state index is 12.2. The number of benzene rings is 2. The van der Waals surface area contributed by atoms with Gasteiger partial charge in [-0.1, -0.05) is 23.9 Å². The fourth-order valence-electron chi connectivity index (χ4n) is 2.50. The van der Waals surface area contributed by atoms with Crippen LogP contribution >= 0.6 is 11.8 Å². The summed E-state index contributed by atoms with van der Waals surface area (Å²) < 4.78 is 7.07. The molecule has 7 heteroatoms. The number of thioether (sulfide) groups is 1. The third-order valence-electron chi connectivity index (χ3n) is 3.76. The van der Waals surface area contributed by atoms with Gasteiger partial charge in [0, 0.05) is 11.4 Å². The van der Waals surface area contributed by atoms with Crippen LogP contribution in [0.2, 0.25) is 0 Å². The molecule has 0 aliphatic heterocycles. The molecule has 0 radical (unpaired) electrons. The fraction of sp³-hybridized carbons (Fsp3) is 0.211. The third-order valence-corrected chi connectivity index (χ3v) is 4.69. The fourth-order valence-corrected chi connectivity index (χ4v) is 3.30. The number of carbonyl (C=O) groups is 1. The summed E-state index contributed by atoms with van der Waals surface area (Å²) in [7, 11) is 1.61. The lowest BCUT2D eigenvalue weighted by atomic mass is 10.2. The zero-order valence-corrected chi connectivity index (χ0v) is 15.7. The molecule has 1 heterocycles. The first-order valence-electron chi connectivity index (χ1n) is 8.12. The Morgan fingerprint density at radius 2 is 1.92 bits per heavy atom. The lowest BCUT2D eigenvalue weighted by molar-refractivity contribution is -0.113. The molecule has 0 aliphatic carbocycles. The molecule has 134 valence electrons. The van der Waals surface area contributed by atoms with Crippen LogP contribution in [0.4, 0.5) is 5.69 Å². The predicted octanol–water partition coefficient (Wildman–Crippen LogP) is 3.62. The molecule has 26 heavy (non-hydrogen) atoms. The van der Waals surface area contributed by atoms with Gasteiger partial charge in [0.2, 0.25) is 5.91 Å². The van der Waals surface area contributed by atoms with E-state index < -0.39 is 0 Å². The molecule has 0 unspecified atom stereocenters. The molecule has 0 saturated carbocycles. The minimum Gasteiger partial charge on any atom is -0.497 e. The average molecular weight is 368 g/mol. The normalized spacial score (nSPS) is 10.6. The molecule has 1 amide bonds. The highest BCUT2D eigenvalue weighted by Crippen LogP contribution is 2.23. The first-order valence-corrected chi connectivity index (χ1v) is 9.11. The summed E-state index contributed by atoms with van der Waals surface area (Å²) in [5.74, 6) is 1.68. The largest absolute Gasteiger partial charge is 0.497 e. The summed E-state index contributed by atoms with van der Waals surface area (Å²) in [5.41, 5.74) is 2.88. The predicted molar refractivity (Wildman–Crippen MR) is 103 cm³/mol. The van der Waals surface area contributed by atoms with Crippen molar-refractivity contribution in [2.75, 3.05) is 18.2 Å². The van der Waals surface area contributed by atoms with Crippen LogP contribution < -0.4 is 10.1 Å². The van der Waals surface area contributed by atoms with Crippen LogP contribution in [0, 0.1) is 13.8 Å². The van der Waals surface area contributed by atoms with E-state index in [0.717, 1.165) is 28.5 Å². The van der Waals surface area contributed by atoms with E-state index in [1.165, 1.54) is 11.8 Å². The first kappa shape index (κ1) is 18.0. The minimum absolute atomic E-state index is 0.100. The van der Waals surface area contributed by atoms with Gasteiger partial charge in [0.1, 0.15) is 11.6 Å². The lowest BCUT2D eigenvalue weighted by Crippen LogP contribution is -2.14. The Bertz CT molecular complexity index is 906. The molecule has 0 atom stereocenters. The quantitative estimate of drug-likeness (QED) is 0.673. The van der Waals surface area contributed by atoms with Crippen LogP contribution in [0.15, 0.2) is 53.7 Å². The van der Waals surface area contributed by atoms with Crippen LogP contribution in [-0.4, -0.2) is 33.5 Å². The molecular weight excluding hydrogens is 348 g/mol. The number of hydrogen-bond acceptors (Lipinski definition) is 5. The summed E-state index contributed by atoms with van der Waals surface area (Å²) in [6, 6.07) is 15.3. The van der Waals surface area contributed by atoms with Crippen molar-refractivity contribution in [2.45, 2.75) is 19.0 Å². The number of carbonyl (C=O) groups excluding carboxylic acids is 1. The molecule has 0 spiro atoms. The third kappa shape index (κ3) is 4.23. The second-order valence-electron chi connectivity index (χ2n) is 5.77. The van der Waals surface area contributed by atoms with Crippen molar-refractivity contribution in [3.63, 3.8) is 0 Å². The van der Waals surface area contributed by atoms with Crippen LogP contribution in [0.5, 0.6) is 5.75 Å². The number of hydrogen-bond donors (Lipinski definition) is 1. The zero-order chi connectivity index (χ0) is 18.5. The molecule has 3 aromatic rings. The van der Waals surface area contributed by atoms with Crippen molar-refractivity contribution in [1.29, 1.82) is 0 Å². The first-order chi connectivity index (χ1) is 12.6. The molecular formula is C19H20N4O2S. The van der Waals surface area contributed by atoms with Gasteiger partial charge in [0.25, 0.3) is 0 Å². The van der Waals surface area contributed by atoms with Gasteiger partial charge in [-0.3, -0.25) is 9.36 Å². The number of ether oxygens (including phenoxy) is 1. The van der Waals surface area contributed by atoms with Gasteiger partial charge >= 0.3 is 0 Å². The molecule has 0 bridgehead atoms. The van der Waals surface area contributed by atoms with Crippen LogP contribution in [0.1, 0.15) is 11.4 Å². The van der Waals surface area contributed by atoms with E-state index in [0.29, 0.717) is 5.16 Å². The van der Waals surface area contributed by atoms with Gasteiger partial charge in [0.15, 0.2) is 5.16 Å². The molecule has 3 rings (SSSR count). The van der Waals surface area contributed by atoms with E-state index in [1.807, 2.05) is 36.6 Å². The molecule has 2 aromatic carbocycles. The number of nitrogens with one attached hydrogen (secondary N) is 1. The van der Waals surface area contributed by atoms with Crippen molar-refractivity contribution in [1.82, 2.24) is 14.8 Å². The Morgan fingerprint density at radius 3 is 2.62 bits per heavy atom. The Hall–Kier alpha value is -2.80. The highest BCUT2D eigenvalue weighted by atomic mass is 32.2. The van der Waals surface area contributed by atoms with E-state index >= 15 is 0 Å². The van der Waals surface area contributed by atoms with Crippen molar-refractivity contribution in [3.05, 3.63) is 59.9 Å². The highest BCUT2D eigenvalue weighted by molar-refractivity contribution is 7.99. The zero-order valence-electron chi connectivity index (χ0n) is 14.9. The molecule has 1 N–H and O–H groups in total. The molecule has 6 nitrogen and oxygen atoms in total. The number of anilines is 1. The van der Waals surface area contributed by atoms with E-state index in [-0.39, 0.29) is 11.7 Å². The van der Waals surface area contributed by atoms with Gasteiger partial charge in [-0.15, -0.1) is 10.2 Å². The van der Waals surface area contributed by atoms with Crippen molar-refractivity contribution in [2.24, 2.45) is 0 Å². The van der Waals surface area contributed by atoms with E-state index in [9.17, 15) is 4.79 Å². The van der Waals surface area contributed by atoms with Gasteiger partial charge in [-0.05, 0) is 55.8 Å². The van der Waals surface area contributed by atoms with Gasteiger partial charge < -0.3 is 10.1 Å². The van der Waals surface area contributed by atoms with Crippen molar-refractivity contribution < 1.29 is 9.53 Å².